The second kappa shape index (κ2) is 5.38. The van der Waals surface area contributed by atoms with Crippen LogP contribution in [-0.2, 0) is 10.0 Å². The van der Waals surface area contributed by atoms with Crippen LogP contribution in [0.4, 0.5) is 5.69 Å². The smallest absolute Gasteiger partial charge is 0.208 e. The Hall–Kier alpha value is -1.27. The van der Waals surface area contributed by atoms with Gasteiger partial charge in [-0.2, -0.15) is 0 Å². The average molecular weight is 284 g/mol. The minimum atomic E-state index is -3.13. The predicted molar refractivity (Wildman–Crippen MR) is 76.3 cm³/mol. The number of benzene rings is 1. The zero-order chi connectivity index (χ0) is 14.0. The summed E-state index contributed by atoms with van der Waals surface area (Å²) in [7, 11) is -3.13. The highest BCUT2D eigenvalue weighted by Gasteiger charge is 2.22. The van der Waals surface area contributed by atoms with E-state index >= 15 is 0 Å². The Morgan fingerprint density at radius 2 is 2.21 bits per heavy atom. The maximum atomic E-state index is 11.1. The average Bonchev–Trinajstić information content (AvgIpc) is 2.26. The van der Waals surface area contributed by atoms with Crippen molar-refractivity contribution < 1.29 is 13.2 Å². The van der Waals surface area contributed by atoms with Gasteiger partial charge in [0.05, 0.1) is 18.5 Å². The molecule has 1 aromatic carbocycles. The number of sulfonamides is 1. The molecule has 1 heterocycles. The highest BCUT2D eigenvalue weighted by atomic mass is 32.2. The van der Waals surface area contributed by atoms with Gasteiger partial charge in [0.15, 0.2) is 0 Å². The maximum Gasteiger partial charge on any atom is 0.208 e. The summed E-state index contributed by atoms with van der Waals surface area (Å²) >= 11 is 0. The normalized spacial score (nSPS) is 18.9. The summed E-state index contributed by atoms with van der Waals surface area (Å²) in [5.41, 5.74) is 2.18. The van der Waals surface area contributed by atoms with Crippen molar-refractivity contribution in [2.75, 3.05) is 30.8 Å². The lowest BCUT2D eigenvalue weighted by atomic mass is 10.1. The standard InChI is InChI=1S/C13H20N2O3S/c1-10-4-5-12-13(8-10)18-11(2)9-15(12)7-6-14-19(3,16)17/h4-5,8,11,14H,6-7,9H2,1-3H3/t11-/m0/s1. The second-order valence-electron chi connectivity index (χ2n) is 5.01. The van der Waals surface area contributed by atoms with Gasteiger partial charge in [-0.25, -0.2) is 13.1 Å². The van der Waals surface area contributed by atoms with Crippen LogP contribution in [0.15, 0.2) is 18.2 Å². The third-order valence-corrected chi connectivity index (χ3v) is 3.74. The van der Waals surface area contributed by atoms with Gasteiger partial charge in [-0.05, 0) is 31.5 Å². The van der Waals surface area contributed by atoms with Crippen LogP contribution < -0.4 is 14.4 Å². The number of rotatable bonds is 4. The molecule has 6 heteroatoms. The number of hydrogen-bond donors (Lipinski definition) is 1. The van der Waals surface area contributed by atoms with Gasteiger partial charge in [-0.3, -0.25) is 0 Å². The second-order valence-corrected chi connectivity index (χ2v) is 6.85. The van der Waals surface area contributed by atoms with Gasteiger partial charge in [0, 0.05) is 13.1 Å². The Bertz CT molecular complexity index is 557. The van der Waals surface area contributed by atoms with Crippen LogP contribution in [-0.4, -0.2) is 40.4 Å². The van der Waals surface area contributed by atoms with Gasteiger partial charge < -0.3 is 9.64 Å². The highest BCUT2D eigenvalue weighted by Crippen LogP contribution is 2.33. The van der Waals surface area contributed by atoms with Gasteiger partial charge in [0.1, 0.15) is 11.9 Å². The lowest BCUT2D eigenvalue weighted by Crippen LogP contribution is -2.42. The number of fused-ring (bicyclic) bond motifs is 1. The monoisotopic (exact) mass is 284 g/mol. The van der Waals surface area contributed by atoms with Gasteiger partial charge in [0.25, 0.3) is 0 Å². The molecule has 1 aliphatic heterocycles. The van der Waals surface area contributed by atoms with Crippen LogP contribution in [0.3, 0.4) is 0 Å². The van der Waals surface area contributed by atoms with Gasteiger partial charge in [-0.15, -0.1) is 0 Å². The van der Waals surface area contributed by atoms with Crippen molar-refractivity contribution in [1.29, 1.82) is 0 Å². The molecule has 1 N–H and O–H groups in total. The molecule has 5 nitrogen and oxygen atoms in total. The van der Waals surface area contributed by atoms with Crippen molar-refractivity contribution in [2.24, 2.45) is 0 Å². The number of aryl methyl sites for hydroxylation is 1. The molecule has 0 amide bonds. The minimum Gasteiger partial charge on any atom is -0.487 e. The van der Waals surface area contributed by atoms with E-state index in [0.717, 1.165) is 23.5 Å². The maximum absolute atomic E-state index is 11.1. The third kappa shape index (κ3) is 3.84. The summed E-state index contributed by atoms with van der Waals surface area (Å²) < 4.78 is 30.5. The first-order chi connectivity index (χ1) is 8.85. The number of nitrogens with zero attached hydrogens (tertiary/aromatic N) is 1. The van der Waals surface area contributed by atoms with E-state index in [9.17, 15) is 8.42 Å². The fourth-order valence-electron chi connectivity index (χ4n) is 2.22. The largest absolute Gasteiger partial charge is 0.487 e. The molecule has 0 bridgehead atoms. The SMILES string of the molecule is Cc1ccc2c(c1)O[C@@H](C)CN2CCNS(C)(=O)=O. The highest BCUT2D eigenvalue weighted by molar-refractivity contribution is 7.88. The van der Waals surface area contributed by atoms with E-state index in [1.165, 1.54) is 6.26 Å². The molecule has 19 heavy (non-hydrogen) atoms. The first kappa shape index (κ1) is 14.1. The Kier molecular flexibility index (Phi) is 4.01. The molecule has 0 radical (unpaired) electrons. The molecule has 1 atom stereocenters. The van der Waals surface area contributed by atoms with Crippen LogP contribution in [0.2, 0.25) is 0 Å². The fourth-order valence-corrected chi connectivity index (χ4v) is 2.68. The Morgan fingerprint density at radius 3 is 2.89 bits per heavy atom. The lowest BCUT2D eigenvalue weighted by molar-refractivity contribution is 0.212. The van der Waals surface area contributed by atoms with Crippen LogP contribution in [0.25, 0.3) is 0 Å². The summed E-state index contributed by atoms with van der Waals surface area (Å²) in [5, 5.41) is 0. The molecule has 1 aliphatic rings. The van der Waals surface area contributed by atoms with Crippen LogP contribution in [0.5, 0.6) is 5.75 Å². The Labute approximate surface area is 114 Å². The summed E-state index contributed by atoms with van der Waals surface area (Å²) in [5.74, 6) is 0.873. The van der Waals surface area contributed by atoms with E-state index in [1.807, 2.05) is 32.0 Å². The zero-order valence-electron chi connectivity index (χ0n) is 11.5. The van der Waals surface area contributed by atoms with E-state index in [0.29, 0.717) is 13.1 Å². The van der Waals surface area contributed by atoms with Crippen molar-refractivity contribution in [3.8, 4) is 5.75 Å². The molecule has 0 aromatic heterocycles. The molecule has 0 saturated carbocycles. The zero-order valence-corrected chi connectivity index (χ0v) is 12.3. The van der Waals surface area contributed by atoms with Crippen LogP contribution in [0, 0.1) is 6.92 Å². The molecule has 106 valence electrons. The molecular formula is C13H20N2O3S. The summed E-state index contributed by atoms with van der Waals surface area (Å²) in [6.07, 6.45) is 1.28. The van der Waals surface area contributed by atoms with Crippen molar-refractivity contribution in [2.45, 2.75) is 20.0 Å². The fraction of sp³-hybridized carbons (Fsp3) is 0.538. The molecule has 0 saturated heterocycles. The molecule has 2 rings (SSSR count). The summed E-state index contributed by atoms with van der Waals surface area (Å²) in [6, 6.07) is 6.08. The molecule has 0 aliphatic carbocycles. The van der Waals surface area contributed by atoms with Gasteiger partial charge in [-0.1, -0.05) is 6.07 Å². The quantitative estimate of drug-likeness (QED) is 0.900. The minimum absolute atomic E-state index is 0.104. The summed E-state index contributed by atoms with van der Waals surface area (Å²) in [6.45, 7) is 5.85. The van der Waals surface area contributed by atoms with E-state index < -0.39 is 10.0 Å². The molecule has 0 unspecified atom stereocenters. The van der Waals surface area contributed by atoms with Crippen molar-refractivity contribution in [3.05, 3.63) is 23.8 Å². The van der Waals surface area contributed by atoms with Gasteiger partial charge in [0.2, 0.25) is 10.0 Å². The topological polar surface area (TPSA) is 58.6 Å². The molecule has 0 spiro atoms. The Balaban J connectivity index is 2.10. The van der Waals surface area contributed by atoms with Crippen LogP contribution >= 0.6 is 0 Å². The number of nitrogens with one attached hydrogen (secondary N) is 1. The number of ether oxygens (including phenoxy) is 1. The Morgan fingerprint density at radius 1 is 1.47 bits per heavy atom. The molecule has 0 fully saturated rings. The van der Waals surface area contributed by atoms with Crippen LogP contribution in [0.1, 0.15) is 12.5 Å². The molecular weight excluding hydrogens is 264 g/mol. The van der Waals surface area contributed by atoms with Crippen molar-refractivity contribution in [1.82, 2.24) is 4.72 Å². The number of anilines is 1. The predicted octanol–water partition coefficient (Wildman–Crippen LogP) is 1.13. The van der Waals surface area contributed by atoms with Gasteiger partial charge >= 0.3 is 0 Å². The molecule has 1 aromatic rings. The third-order valence-electron chi connectivity index (χ3n) is 3.01. The first-order valence-corrected chi connectivity index (χ1v) is 8.21. The van der Waals surface area contributed by atoms with Crippen molar-refractivity contribution in [3.63, 3.8) is 0 Å². The van der Waals surface area contributed by atoms with E-state index in [2.05, 4.69) is 9.62 Å². The first-order valence-electron chi connectivity index (χ1n) is 6.32. The lowest BCUT2D eigenvalue weighted by Gasteiger charge is -2.35. The van der Waals surface area contributed by atoms with E-state index in [-0.39, 0.29) is 6.10 Å². The van der Waals surface area contributed by atoms with Crippen molar-refractivity contribution >= 4 is 15.7 Å². The number of hydrogen-bond acceptors (Lipinski definition) is 4. The van der Waals surface area contributed by atoms with E-state index in [1.54, 1.807) is 0 Å². The van der Waals surface area contributed by atoms with E-state index in [4.69, 9.17) is 4.74 Å². The summed E-state index contributed by atoms with van der Waals surface area (Å²) in [4.78, 5) is 2.15.